The highest BCUT2D eigenvalue weighted by molar-refractivity contribution is 5.99. The minimum Gasteiger partial charge on any atom is -0.508 e. The number of carboxylic acid groups (broad SMARTS) is 5. The fourth-order valence-electron chi connectivity index (χ4n) is 13.9. The van der Waals surface area contributed by atoms with Crippen molar-refractivity contribution in [3.05, 3.63) is 29.8 Å². The SMILES string of the molecule is CC(C)(C)[C@H](NC(=O)[C@H](Cc1ccc(O)cc1)NC(=O)[C@@H]1CCCN1C(=O)[C@H](CCCN=C(N)N)NC(=O)[C@@H](NC(=O)[C@@H]1CCCN1C(=O)[C@@H](CCCCN)NC(=O)CN(CCN(CCN(CC(=O)O)CC(=O)O)CC(=O)O)CC(=O)O)C1CCN(C(=N)N)CC1)C(=O)N[C@@H](CC1CCCCC1)C(=O)O. The Kier molecular flexibility index (Phi) is 34.8. The number of phenolic OH excluding ortho intramolecular Hbond substituents is 1. The molecule has 3 aliphatic heterocycles. The third kappa shape index (κ3) is 29.2. The number of amides is 8. The lowest BCUT2D eigenvalue weighted by Gasteiger charge is -2.37. The van der Waals surface area contributed by atoms with E-state index in [-0.39, 0.29) is 147 Å². The molecule has 8 atom stereocenters. The number of hydrogen-bond acceptors (Lipinski definition) is 20. The molecule has 4 fully saturated rings. The standard InChI is InChI=1S/C68H110N18O19/c1-68(2,3)57(62(101)78-48(65(104)105)35-41-12-5-4-6-13-41)80-58(97)47(34-42-18-20-44(87)21-19-42)77-59(98)49-16-10-26-85(49)64(103)46(15-9-25-74-66(70)71)76-61(100)56(43-22-28-84(29-23-43)67(72)73)79-60(99)50-17-11-27-86(50)63(102)45(14-7-8-24-69)75-51(88)36-82(38-53(91)92)32-30-81(37-52(89)90)31-33-83(39-54(93)94)40-55(95)96/h18-21,41,43,45-50,56-57,87H,4-17,22-40,69H2,1-3H3,(H3,72,73)(H,75,88)(H,76,100)(H,77,98)(H,78,101)(H,79,99)(H,80,97)(H,89,90)(H,91,92)(H,93,94)(H,95,96)(H,104,105)(H4,70,71,74)/t45-,46+,47+,48+,49+,50+,56+,57-/m1/s1. The number of unbranched alkanes of at least 4 members (excludes halogenated alkanes) is 1. The Labute approximate surface area is 610 Å². The van der Waals surface area contributed by atoms with Gasteiger partial charge in [-0.05, 0) is 119 Å². The normalized spacial score (nSPS) is 18.2. The number of guanidine groups is 2. The van der Waals surface area contributed by atoms with Crippen LogP contribution >= 0.6 is 0 Å². The van der Waals surface area contributed by atoms with Crippen molar-refractivity contribution in [3.63, 3.8) is 0 Å². The van der Waals surface area contributed by atoms with Gasteiger partial charge in [0, 0.05) is 65.3 Å². The molecule has 3 saturated heterocycles. The number of carbonyl (C=O) groups excluding carboxylic acids is 8. The summed E-state index contributed by atoms with van der Waals surface area (Å²) in [6, 6.07) is -4.67. The van der Waals surface area contributed by atoms with Crippen molar-refractivity contribution in [1.82, 2.24) is 61.3 Å². The Hall–Kier alpha value is -9.49. The van der Waals surface area contributed by atoms with Gasteiger partial charge >= 0.3 is 29.8 Å². The van der Waals surface area contributed by atoms with Crippen LogP contribution in [0.15, 0.2) is 29.3 Å². The maximum atomic E-state index is 15.2. The average molecular weight is 1480 g/mol. The molecule has 0 spiro atoms. The van der Waals surface area contributed by atoms with Gasteiger partial charge in [-0.3, -0.25) is 82.6 Å². The molecule has 0 radical (unpaired) electrons. The second-order valence-electron chi connectivity index (χ2n) is 28.6. The molecule has 3 heterocycles. The number of likely N-dealkylation sites (tertiary alicyclic amines) is 3. The molecule has 0 unspecified atom stereocenters. The third-order valence-electron chi connectivity index (χ3n) is 19.3. The van der Waals surface area contributed by atoms with Crippen molar-refractivity contribution < 1.29 is 93.0 Å². The van der Waals surface area contributed by atoms with Crippen molar-refractivity contribution in [2.75, 3.05) is 98.2 Å². The lowest BCUT2D eigenvalue weighted by molar-refractivity contribution is -0.144. The summed E-state index contributed by atoms with van der Waals surface area (Å²) in [4.78, 5) is 189. The first-order valence-corrected chi connectivity index (χ1v) is 36.0. The quantitative estimate of drug-likeness (QED) is 0.0176. The van der Waals surface area contributed by atoms with E-state index in [0.717, 1.165) is 37.0 Å². The second kappa shape index (κ2) is 42.5. The molecule has 1 aliphatic carbocycles. The van der Waals surface area contributed by atoms with E-state index < -0.39 is 169 Å². The number of hydrogen-bond donors (Lipinski definition) is 17. The zero-order valence-corrected chi connectivity index (χ0v) is 60.3. The van der Waals surface area contributed by atoms with Crippen LogP contribution in [0.3, 0.4) is 0 Å². The van der Waals surface area contributed by atoms with Gasteiger partial charge in [0.1, 0.15) is 54.1 Å². The Balaban J connectivity index is 1.39. The number of aliphatic imine (C=N–C) groups is 1. The number of nitrogens with zero attached hydrogens (tertiary/aromatic N) is 7. The summed E-state index contributed by atoms with van der Waals surface area (Å²) in [5, 5.41) is 83.3. The van der Waals surface area contributed by atoms with Gasteiger partial charge in [0.2, 0.25) is 47.3 Å². The maximum absolute atomic E-state index is 15.2. The van der Waals surface area contributed by atoms with E-state index in [1.165, 1.54) is 43.9 Å². The highest BCUT2D eigenvalue weighted by Crippen LogP contribution is 2.30. The van der Waals surface area contributed by atoms with Crippen LogP contribution in [-0.2, 0) is 68.7 Å². The highest BCUT2D eigenvalue weighted by atomic mass is 16.4. The molecule has 1 aromatic rings. The number of nitrogens with one attached hydrogen (secondary N) is 7. The monoisotopic (exact) mass is 1480 g/mol. The summed E-state index contributed by atoms with van der Waals surface area (Å²) < 4.78 is 0. The Morgan fingerprint density at radius 1 is 0.552 bits per heavy atom. The molecule has 1 saturated carbocycles. The Bertz CT molecular complexity index is 3180. The Morgan fingerprint density at radius 3 is 1.55 bits per heavy atom. The maximum Gasteiger partial charge on any atom is 0.326 e. The van der Waals surface area contributed by atoms with Crippen molar-refractivity contribution in [2.45, 2.75) is 185 Å². The van der Waals surface area contributed by atoms with E-state index >= 15 is 9.59 Å². The number of piperidine rings is 1. The molecular formula is C68H110N18O19. The zero-order valence-electron chi connectivity index (χ0n) is 60.3. The van der Waals surface area contributed by atoms with Crippen LogP contribution in [0.4, 0.5) is 0 Å². The predicted molar refractivity (Wildman–Crippen MR) is 380 cm³/mol. The average Bonchev–Trinajstić information content (AvgIpc) is 1.79. The third-order valence-corrected chi connectivity index (χ3v) is 19.3. The summed E-state index contributed by atoms with van der Waals surface area (Å²) in [5.74, 6) is -13.8. The Morgan fingerprint density at radius 2 is 1.05 bits per heavy atom. The van der Waals surface area contributed by atoms with E-state index in [2.05, 4.69) is 36.9 Å². The van der Waals surface area contributed by atoms with E-state index in [4.69, 9.17) is 28.3 Å². The minimum atomic E-state index is -1.42. The van der Waals surface area contributed by atoms with Gasteiger partial charge in [-0.15, -0.1) is 0 Å². The summed E-state index contributed by atoms with van der Waals surface area (Å²) in [5.41, 5.74) is 22.5. The smallest absolute Gasteiger partial charge is 0.326 e. The zero-order chi connectivity index (χ0) is 77.7. The number of aliphatic carboxylic acids is 5. The molecule has 8 amide bonds. The van der Waals surface area contributed by atoms with Gasteiger partial charge in [-0.1, -0.05) is 65.0 Å². The second-order valence-corrected chi connectivity index (χ2v) is 28.6. The molecule has 37 heteroatoms. The molecule has 5 rings (SSSR count). The lowest BCUT2D eigenvalue weighted by atomic mass is 9.83. The molecule has 0 bridgehead atoms. The summed E-state index contributed by atoms with van der Waals surface area (Å²) in [7, 11) is 0. The first-order valence-electron chi connectivity index (χ1n) is 36.0. The van der Waals surface area contributed by atoms with Gasteiger partial charge in [-0.2, -0.15) is 0 Å². The summed E-state index contributed by atoms with van der Waals surface area (Å²) >= 11 is 0. The summed E-state index contributed by atoms with van der Waals surface area (Å²) in [6.45, 7) is 1.67. The molecular weight excluding hydrogens is 1370 g/mol. The number of carbonyl (C=O) groups is 13. The molecule has 0 aromatic heterocycles. The largest absolute Gasteiger partial charge is 0.508 e. The molecule has 21 N–H and O–H groups in total. The topological polar surface area (TPSA) is 575 Å². The molecule has 37 nitrogen and oxygen atoms in total. The van der Waals surface area contributed by atoms with Gasteiger partial charge in [0.05, 0.1) is 32.7 Å². The van der Waals surface area contributed by atoms with E-state index in [0.29, 0.717) is 31.2 Å². The fraction of sp³-hybridized carbons (Fsp3) is 0.691. The van der Waals surface area contributed by atoms with Crippen LogP contribution < -0.4 is 54.8 Å². The number of rotatable bonds is 43. The number of aromatic hydroxyl groups is 1. The molecule has 105 heavy (non-hydrogen) atoms. The van der Waals surface area contributed by atoms with Crippen LogP contribution in [-0.4, -0.2) is 296 Å². The first kappa shape index (κ1) is 86.2. The van der Waals surface area contributed by atoms with Crippen LogP contribution in [0.25, 0.3) is 0 Å². The number of benzene rings is 1. The van der Waals surface area contributed by atoms with Gasteiger partial charge in [-0.25, -0.2) is 4.79 Å². The lowest BCUT2D eigenvalue weighted by Crippen LogP contribution is -2.62. The minimum absolute atomic E-state index is 0.00147. The van der Waals surface area contributed by atoms with E-state index in [1.54, 1.807) is 25.7 Å². The van der Waals surface area contributed by atoms with Gasteiger partial charge in [0.15, 0.2) is 11.9 Å². The van der Waals surface area contributed by atoms with Crippen LogP contribution in [0.2, 0.25) is 0 Å². The fourth-order valence-corrected chi connectivity index (χ4v) is 13.9. The molecule has 4 aliphatic rings. The molecule has 1 aromatic carbocycles. The van der Waals surface area contributed by atoms with Crippen molar-refractivity contribution in [2.24, 2.45) is 45.2 Å². The summed E-state index contributed by atoms with van der Waals surface area (Å²) in [6.07, 6.45) is 6.55. The van der Waals surface area contributed by atoms with Gasteiger partial charge in [0.25, 0.3) is 0 Å². The van der Waals surface area contributed by atoms with Crippen molar-refractivity contribution >= 4 is 89.0 Å². The van der Waals surface area contributed by atoms with Crippen LogP contribution in [0, 0.1) is 22.7 Å². The first-order chi connectivity index (χ1) is 49.6. The number of nitrogens with two attached hydrogens (primary N) is 4. The van der Waals surface area contributed by atoms with Crippen molar-refractivity contribution in [1.29, 1.82) is 5.41 Å². The van der Waals surface area contributed by atoms with E-state index in [1.807, 2.05) is 0 Å². The highest BCUT2D eigenvalue weighted by Gasteiger charge is 2.45. The van der Waals surface area contributed by atoms with Crippen LogP contribution in [0.5, 0.6) is 5.75 Å². The van der Waals surface area contributed by atoms with Crippen LogP contribution in [0.1, 0.15) is 135 Å². The van der Waals surface area contributed by atoms with Gasteiger partial charge < -0.3 is 100 Å². The van der Waals surface area contributed by atoms with Crippen molar-refractivity contribution in [3.8, 4) is 5.75 Å². The molecule has 586 valence electrons. The van der Waals surface area contributed by atoms with E-state index in [9.17, 15) is 83.4 Å². The number of carboxylic acids is 5. The predicted octanol–water partition coefficient (Wildman–Crippen LogP) is -3.04. The number of phenols is 1.